The molecule has 0 aromatic heterocycles. The molecule has 1 heterocycles. The summed E-state index contributed by atoms with van der Waals surface area (Å²) in [7, 11) is 3.11. The quantitative estimate of drug-likeness (QED) is 0.751. The van der Waals surface area contributed by atoms with Crippen LogP contribution in [0.15, 0.2) is 12.1 Å². The normalized spacial score (nSPS) is 17.9. The van der Waals surface area contributed by atoms with Gasteiger partial charge in [0.25, 0.3) is 0 Å². The van der Waals surface area contributed by atoms with E-state index in [4.69, 9.17) is 4.74 Å². The minimum Gasteiger partial charge on any atom is -0.497 e. The van der Waals surface area contributed by atoms with Gasteiger partial charge in [-0.25, -0.2) is 4.39 Å². The second kappa shape index (κ2) is 3.72. The van der Waals surface area contributed by atoms with Crippen molar-refractivity contribution in [3.05, 3.63) is 23.5 Å². The summed E-state index contributed by atoms with van der Waals surface area (Å²) in [6.07, 6.45) is 0.378. The molecular weight excluding hydrogens is 221 g/mol. The van der Waals surface area contributed by atoms with Crippen molar-refractivity contribution >= 4 is 11.6 Å². The first-order chi connectivity index (χ1) is 7.86. The zero-order chi connectivity index (χ0) is 12.8. The van der Waals surface area contributed by atoms with Gasteiger partial charge in [-0.15, -0.1) is 0 Å². The van der Waals surface area contributed by atoms with E-state index in [1.54, 1.807) is 13.1 Å². The molecule has 1 amide bonds. The van der Waals surface area contributed by atoms with Crippen LogP contribution in [-0.2, 0) is 10.2 Å². The highest BCUT2D eigenvalue weighted by atomic mass is 19.1. The number of hydrogen-bond acceptors (Lipinski definition) is 2. The summed E-state index contributed by atoms with van der Waals surface area (Å²) >= 11 is 0. The minimum atomic E-state index is -0.414. The van der Waals surface area contributed by atoms with E-state index in [1.165, 1.54) is 18.1 Å². The summed E-state index contributed by atoms with van der Waals surface area (Å²) in [6.45, 7) is 3.88. The Labute approximate surface area is 100 Å². The first-order valence-electron chi connectivity index (χ1n) is 5.51. The number of anilines is 1. The second-order valence-electron chi connectivity index (χ2n) is 5.02. The molecule has 3 nitrogen and oxygen atoms in total. The Morgan fingerprint density at radius 3 is 2.65 bits per heavy atom. The molecule has 0 bridgehead atoms. The second-order valence-corrected chi connectivity index (χ2v) is 5.02. The monoisotopic (exact) mass is 237 g/mol. The third-order valence-electron chi connectivity index (χ3n) is 3.30. The minimum absolute atomic E-state index is 0.0634. The first-order valence-corrected chi connectivity index (χ1v) is 5.51. The highest BCUT2D eigenvalue weighted by Gasteiger charge is 2.37. The Morgan fingerprint density at radius 2 is 2.06 bits per heavy atom. The molecule has 0 saturated heterocycles. The first kappa shape index (κ1) is 11.9. The number of hydrogen-bond donors (Lipinski definition) is 0. The third-order valence-corrected chi connectivity index (χ3v) is 3.30. The Morgan fingerprint density at radius 1 is 1.41 bits per heavy atom. The number of carbonyl (C=O) groups excluding carboxylic acids is 1. The molecular formula is C13H16FNO2. The lowest BCUT2D eigenvalue weighted by Crippen LogP contribution is -2.40. The molecule has 0 spiro atoms. The average Bonchev–Trinajstić information content (AvgIpc) is 2.24. The molecule has 92 valence electrons. The van der Waals surface area contributed by atoms with E-state index in [2.05, 4.69) is 0 Å². The molecule has 17 heavy (non-hydrogen) atoms. The SMILES string of the molecule is COc1cc(F)c2c(c1)C(C)(C)CC(=O)N2C. The van der Waals surface area contributed by atoms with E-state index >= 15 is 0 Å². The molecule has 1 aromatic carbocycles. The molecule has 0 unspecified atom stereocenters. The van der Waals surface area contributed by atoms with Crippen LogP contribution in [0.3, 0.4) is 0 Å². The average molecular weight is 237 g/mol. The number of ether oxygens (including phenoxy) is 1. The maximum atomic E-state index is 14.0. The van der Waals surface area contributed by atoms with Gasteiger partial charge in [0.2, 0.25) is 5.91 Å². The van der Waals surface area contributed by atoms with Gasteiger partial charge in [-0.2, -0.15) is 0 Å². The van der Waals surface area contributed by atoms with Crippen LogP contribution in [0.2, 0.25) is 0 Å². The van der Waals surface area contributed by atoms with Gasteiger partial charge in [-0.1, -0.05) is 13.8 Å². The lowest BCUT2D eigenvalue weighted by molar-refractivity contribution is -0.119. The van der Waals surface area contributed by atoms with Gasteiger partial charge in [0.1, 0.15) is 5.75 Å². The van der Waals surface area contributed by atoms with Crippen LogP contribution in [0.4, 0.5) is 10.1 Å². The highest BCUT2D eigenvalue weighted by molar-refractivity contribution is 5.97. The van der Waals surface area contributed by atoms with Gasteiger partial charge in [-0.05, 0) is 11.6 Å². The van der Waals surface area contributed by atoms with Crippen molar-refractivity contribution in [3.63, 3.8) is 0 Å². The summed E-state index contributed by atoms with van der Waals surface area (Å²) in [4.78, 5) is 13.2. The Balaban J connectivity index is 2.70. The van der Waals surface area contributed by atoms with E-state index in [9.17, 15) is 9.18 Å². The summed E-state index contributed by atoms with van der Waals surface area (Å²) in [5, 5.41) is 0. The fourth-order valence-electron chi connectivity index (χ4n) is 2.27. The van der Waals surface area contributed by atoms with E-state index in [-0.39, 0.29) is 11.3 Å². The molecule has 0 fully saturated rings. The van der Waals surface area contributed by atoms with Crippen molar-refractivity contribution in [3.8, 4) is 5.75 Å². The molecule has 2 rings (SSSR count). The summed E-state index contributed by atoms with van der Waals surface area (Å²) in [6, 6.07) is 3.12. The molecule has 0 saturated carbocycles. The van der Waals surface area contributed by atoms with Crippen molar-refractivity contribution < 1.29 is 13.9 Å². The molecule has 0 aliphatic carbocycles. The molecule has 0 atom stereocenters. The van der Waals surface area contributed by atoms with Gasteiger partial charge in [0.05, 0.1) is 12.8 Å². The van der Waals surface area contributed by atoms with Gasteiger partial charge < -0.3 is 9.64 Å². The van der Waals surface area contributed by atoms with Gasteiger partial charge in [-0.3, -0.25) is 4.79 Å². The number of methoxy groups -OCH3 is 1. The van der Waals surface area contributed by atoms with E-state index in [0.29, 0.717) is 17.9 Å². The van der Waals surface area contributed by atoms with Crippen LogP contribution >= 0.6 is 0 Å². The fourth-order valence-corrected chi connectivity index (χ4v) is 2.27. The zero-order valence-electron chi connectivity index (χ0n) is 10.5. The Hall–Kier alpha value is -1.58. The Kier molecular flexibility index (Phi) is 2.60. The van der Waals surface area contributed by atoms with Crippen LogP contribution in [-0.4, -0.2) is 20.1 Å². The van der Waals surface area contributed by atoms with E-state index in [1.807, 2.05) is 13.8 Å². The smallest absolute Gasteiger partial charge is 0.227 e. The number of carbonyl (C=O) groups is 1. The molecule has 1 aliphatic heterocycles. The van der Waals surface area contributed by atoms with Crippen LogP contribution in [0.5, 0.6) is 5.75 Å². The van der Waals surface area contributed by atoms with E-state index < -0.39 is 5.82 Å². The van der Waals surface area contributed by atoms with Gasteiger partial charge >= 0.3 is 0 Å². The molecule has 0 radical (unpaired) electrons. The number of benzene rings is 1. The van der Waals surface area contributed by atoms with Crippen molar-refractivity contribution in [1.29, 1.82) is 0 Å². The van der Waals surface area contributed by atoms with Crippen molar-refractivity contribution in [2.45, 2.75) is 25.7 Å². The largest absolute Gasteiger partial charge is 0.497 e. The molecule has 4 heteroatoms. The topological polar surface area (TPSA) is 29.5 Å². The van der Waals surface area contributed by atoms with Crippen molar-refractivity contribution in [1.82, 2.24) is 0 Å². The van der Waals surface area contributed by atoms with E-state index in [0.717, 1.165) is 5.56 Å². The van der Waals surface area contributed by atoms with Crippen LogP contribution in [0, 0.1) is 5.82 Å². The zero-order valence-corrected chi connectivity index (χ0v) is 10.5. The Bertz CT molecular complexity index is 483. The number of halogens is 1. The summed E-state index contributed by atoms with van der Waals surface area (Å²) < 4.78 is 19.1. The number of fused-ring (bicyclic) bond motifs is 1. The number of rotatable bonds is 1. The summed E-state index contributed by atoms with van der Waals surface area (Å²) in [5.74, 6) is 0.00613. The lowest BCUT2D eigenvalue weighted by atomic mass is 9.77. The maximum absolute atomic E-state index is 14.0. The lowest BCUT2D eigenvalue weighted by Gasteiger charge is -2.37. The van der Waals surface area contributed by atoms with Crippen LogP contribution in [0.1, 0.15) is 25.8 Å². The molecule has 1 aromatic rings. The number of nitrogens with zero attached hydrogens (tertiary/aromatic N) is 1. The maximum Gasteiger partial charge on any atom is 0.227 e. The van der Waals surface area contributed by atoms with Gasteiger partial charge in [0.15, 0.2) is 5.82 Å². The summed E-state index contributed by atoms with van der Waals surface area (Å²) in [5.41, 5.74) is 0.817. The van der Waals surface area contributed by atoms with Crippen molar-refractivity contribution in [2.75, 3.05) is 19.1 Å². The van der Waals surface area contributed by atoms with Crippen LogP contribution in [0.25, 0.3) is 0 Å². The van der Waals surface area contributed by atoms with Gasteiger partial charge in [0, 0.05) is 24.9 Å². The molecule has 1 aliphatic rings. The standard InChI is InChI=1S/C13H16FNO2/c1-13(2)7-11(16)15(3)12-9(13)5-8(17-4)6-10(12)14/h5-6H,7H2,1-4H3. The fraction of sp³-hybridized carbons (Fsp3) is 0.462. The third kappa shape index (κ3) is 1.77. The predicted octanol–water partition coefficient (Wildman–Crippen LogP) is 2.48. The van der Waals surface area contributed by atoms with Crippen molar-refractivity contribution in [2.24, 2.45) is 0 Å². The highest BCUT2D eigenvalue weighted by Crippen LogP contribution is 2.42. The molecule has 0 N–H and O–H groups in total. The predicted molar refractivity (Wildman–Crippen MR) is 64.0 cm³/mol. The number of amides is 1. The van der Waals surface area contributed by atoms with Crippen LogP contribution < -0.4 is 9.64 Å².